The van der Waals surface area contributed by atoms with Crippen LogP contribution >= 0.6 is 0 Å². The van der Waals surface area contributed by atoms with E-state index in [4.69, 9.17) is 0 Å². The summed E-state index contributed by atoms with van der Waals surface area (Å²) in [7, 11) is 0. The zero-order valence-electron chi connectivity index (χ0n) is 14.2. The molecule has 0 aromatic heterocycles. The highest BCUT2D eigenvalue weighted by Crippen LogP contribution is 2.23. The molecular weight excluding hydrogens is 244 g/mol. The molecule has 2 heteroatoms. The molecule has 0 spiro atoms. The van der Waals surface area contributed by atoms with Gasteiger partial charge in [0.2, 0.25) is 0 Å². The molecule has 0 fully saturated rings. The Morgan fingerprint density at radius 1 is 1.15 bits per heavy atom. The second-order valence-corrected chi connectivity index (χ2v) is 6.21. The van der Waals surface area contributed by atoms with Gasteiger partial charge in [-0.3, -0.25) is 0 Å². The van der Waals surface area contributed by atoms with Crippen LogP contribution in [0.1, 0.15) is 52.2 Å². The SMILES string of the molecule is CCC(C)CN(CC)c1ccc(CNC(C)C)cc1C. The molecule has 1 unspecified atom stereocenters. The van der Waals surface area contributed by atoms with Crippen LogP contribution in [-0.2, 0) is 6.54 Å². The summed E-state index contributed by atoms with van der Waals surface area (Å²) in [6.07, 6.45) is 1.24. The Hall–Kier alpha value is -1.02. The number of nitrogens with zero attached hydrogens (tertiary/aromatic N) is 1. The second kappa shape index (κ2) is 8.31. The topological polar surface area (TPSA) is 15.3 Å². The molecule has 0 bridgehead atoms. The van der Waals surface area contributed by atoms with Crippen molar-refractivity contribution in [1.82, 2.24) is 5.32 Å². The lowest BCUT2D eigenvalue weighted by atomic mass is 10.1. The maximum atomic E-state index is 3.48. The first-order valence-electron chi connectivity index (χ1n) is 8.05. The summed E-state index contributed by atoms with van der Waals surface area (Å²) in [5.74, 6) is 0.747. The summed E-state index contributed by atoms with van der Waals surface area (Å²) in [5.41, 5.74) is 4.15. The van der Waals surface area contributed by atoms with Crippen LogP contribution in [0.25, 0.3) is 0 Å². The highest BCUT2D eigenvalue weighted by molar-refractivity contribution is 5.54. The normalized spacial score (nSPS) is 12.8. The molecule has 1 rings (SSSR count). The van der Waals surface area contributed by atoms with E-state index in [1.807, 2.05) is 0 Å². The lowest BCUT2D eigenvalue weighted by molar-refractivity contribution is 0.547. The average Bonchev–Trinajstić information content (AvgIpc) is 2.42. The first-order valence-corrected chi connectivity index (χ1v) is 8.05. The van der Waals surface area contributed by atoms with Crippen molar-refractivity contribution in [1.29, 1.82) is 0 Å². The molecule has 1 N–H and O–H groups in total. The van der Waals surface area contributed by atoms with Gasteiger partial charge in [0, 0.05) is 31.4 Å². The number of hydrogen-bond acceptors (Lipinski definition) is 2. The summed E-state index contributed by atoms with van der Waals surface area (Å²) in [4.78, 5) is 2.50. The van der Waals surface area contributed by atoms with Crippen molar-refractivity contribution in [3.63, 3.8) is 0 Å². The molecule has 20 heavy (non-hydrogen) atoms. The minimum atomic E-state index is 0.535. The largest absolute Gasteiger partial charge is 0.371 e. The van der Waals surface area contributed by atoms with E-state index in [9.17, 15) is 0 Å². The van der Waals surface area contributed by atoms with Crippen molar-refractivity contribution < 1.29 is 0 Å². The maximum Gasteiger partial charge on any atom is 0.0396 e. The third-order valence-corrected chi connectivity index (χ3v) is 3.93. The minimum absolute atomic E-state index is 0.535. The fourth-order valence-electron chi connectivity index (χ4n) is 2.41. The van der Waals surface area contributed by atoms with E-state index in [1.165, 1.54) is 23.2 Å². The van der Waals surface area contributed by atoms with Crippen LogP contribution in [0.4, 0.5) is 5.69 Å². The smallest absolute Gasteiger partial charge is 0.0396 e. The van der Waals surface area contributed by atoms with E-state index in [2.05, 4.69) is 70.0 Å². The molecule has 1 aromatic carbocycles. The Balaban J connectivity index is 2.79. The number of anilines is 1. The van der Waals surface area contributed by atoms with Gasteiger partial charge in [-0.25, -0.2) is 0 Å². The van der Waals surface area contributed by atoms with Crippen molar-refractivity contribution >= 4 is 5.69 Å². The van der Waals surface area contributed by atoms with Gasteiger partial charge < -0.3 is 10.2 Å². The van der Waals surface area contributed by atoms with Crippen LogP contribution in [-0.4, -0.2) is 19.1 Å². The van der Waals surface area contributed by atoms with Gasteiger partial charge in [0.05, 0.1) is 0 Å². The Morgan fingerprint density at radius 3 is 2.35 bits per heavy atom. The molecule has 114 valence electrons. The van der Waals surface area contributed by atoms with Gasteiger partial charge in [-0.05, 0) is 37.0 Å². The van der Waals surface area contributed by atoms with E-state index in [0.717, 1.165) is 25.6 Å². The van der Waals surface area contributed by atoms with Gasteiger partial charge in [-0.15, -0.1) is 0 Å². The monoisotopic (exact) mass is 276 g/mol. The third-order valence-electron chi connectivity index (χ3n) is 3.93. The quantitative estimate of drug-likeness (QED) is 0.758. The molecule has 0 amide bonds. The van der Waals surface area contributed by atoms with Crippen LogP contribution in [0.3, 0.4) is 0 Å². The summed E-state index contributed by atoms with van der Waals surface area (Å²) < 4.78 is 0. The summed E-state index contributed by atoms with van der Waals surface area (Å²) in [5, 5.41) is 3.48. The molecule has 1 aromatic rings. The van der Waals surface area contributed by atoms with E-state index in [-0.39, 0.29) is 0 Å². The zero-order valence-corrected chi connectivity index (χ0v) is 14.2. The molecule has 0 aliphatic carbocycles. The Morgan fingerprint density at radius 2 is 1.85 bits per heavy atom. The molecule has 0 saturated carbocycles. The van der Waals surface area contributed by atoms with Crippen LogP contribution in [0, 0.1) is 12.8 Å². The lowest BCUT2D eigenvalue weighted by Crippen LogP contribution is -2.28. The number of hydrogen-bond donors (Lipinski definition) is 1. The predicted octanol–water partition coefficient (Wildman–Crippen LogP) is 4.37. The lowest BCUT2D eigenvalue weighted by Gasteiger charge is -2.28. The second-order valence-electron chi connectivity index (χ2n) is 6.21. The molecule has 0 aliphatic rings. The van der Waals surface area contributed by atoms with Crippen LogP contribution in [0.5, 0.6) is 0 Å². The summed E-state index contributed by atoms with van der Waals surface area (Å²) in [6.45, 7) is 16.6. The van der Waals surface area contributed by atoms with Crippen molar-refractivity contribution in [3.8, 4) is 0 Å². The molecule has 1 atom stereocenters. The van der Waals surface area contributed by atoms with Gasteiger partial charge >= 0.3 is 0 Å². The highest BCUT2D eigenvalue weighted by Gasteiger charge is 2.11. The number of benzene rings is 1. The van der Waals surface area contributed by atoms with E-state index in [1.54, 1.807) is 0 Å². The summed E-state index contributed by atoms with van der Waals surface area (Å²) >= 11 is 0. The molecule has 0 saturated heterocycles. The Labute approximate surface area is 125 Å². The van der Waals surface area contributed by atoms with E-state index < -0.39 is 0 Å². The summed E-state index contributed by atoms with van der Waals surface area (Å²) in [6, 6.07) is 7.41. The minimum Gasteiger partial charge on any atom is -0.371 e. The van der Waals surface area contributed by atoms with Crippen molar-refractivity contribution in [2.75, 3.05) is 18.0 Å². The molecule has 0 radical (unpaired) electrons. The van der Waals surface area contributed by atoms with Gasteiger partial charge in [0.1, 0.15) is 0 Å². The van der Waals surface area contributed by atoms with Crippen molar-refractivity contribution in [2.45, 2.75) is 60.5 Å². The number of rotatable bonds is 8. The average molecular weight is 276 g/mol. The Bertz CT molecular complexity index is 398. The fourth-order valence-corrected chi connectivity index (χ4v) is 2.41. The highest BCUT2D eigenvalue weighted by atomic mass is 15.1. The molecular formula is C18H32N2. The van der Waals surface area contributed by atoms with Gasteiger partial charge in [0.15, 0.2) is 0 Å². The first-order chi connectivity index (χ1) is 9.47. The maximum absolute atomic E-state index is 3.48. The first kappa shape index (κ1) is 17.0. The van der Waals surface area contributed by atoms with Gasteiger partial charge in [0.25, 0.3) is 0 Å². The Kier molecular flexibility index (Phi) is 7.08. The van der Waals surface area contributed by atoms with E-state index >= 15 is 0 Å². The predicted molar refractivity (Wildman–Crippen MR) is 90.5 cm³/mol. The van der Waals surface area contributed by atoms with Crippen molar-refractivity contribution in [2.24, 2.45) is 5.92 Å². The third kappa shape index (κ3) is 5.16. The molecule has 0 heterocycles. The van der Waals surface area contributed by atoms with Crippen LogP contribution in [0.2, 0.25) is 0 Å². The van der Waals surface area contributed by atoms with Crippen molar-refractivity contribution in [3.05, 3.63) is 29.3 Å². The molecule has 2 nitrogen and oxygen atoms in total. The van der Waals surface area contributed by atoms with Gasteiger partial charge in [-0.1, -0.05) is 46.2 Å². The van der Waals surface area contributed by atoms with Crippen LogP contribution < -0.4 is 10.2 Å². The zero-order chi connectivity index (χ0) is 15.1. The van der Waals surface area contributed by atoms with E-state index in [0.29, 0.717) is 6.04 Å². The molecule has 0 aliphatic heterocycles. The fraction of sp³-hybridized carbons (Fsp3) is 0.667. The number of aryl methyl sites for hydroxylation is 1. The van der Waals surface area contributed by atoms with Crippen LogP contribution in [0.15, 0.2) is 18.2 Å². The van der Waals surface area contributed by atoms with Gasteiger partial charge in [-0.2, -0.15) is 0 Å². The standard InChI is InChI=1S/C18H32N2/c1-7-15(5)13-20(8-2)18-10-9-17(11-16(18)6)12-19-14(3)4/h9-11,14-15,19H,7-8,12-13H2,1-6H3. The number of nitrogens with one attached hydrogen (secondary N) is 1.